The van der Waals surface area contributed by atoms with E-state index in [1.54, 1.807) is 13.3 Å². The summed E-state index contributed by atoms with van der Waals surface area (Å²) in [5, 5.41) is 4.64. The van der Waals surface area contributed by atoms with Gasteiger partial charge in [-0.1, -0.05) is 12.1 Å². The van der Waals surface area contributed by atoms with E-state index in [1.807, 2.05) is 41.8 Å². The number of carbonyl (C=O) groups excluding carboxylic acids is 1. The van der Waals surface area contributed by atoms with Crippen LogP contribution in [0.25, 0.3) is 21.8 Å². The highest BCUT2D eigenvalue weighted by Crippen LogP contribution is 2.31. The molecule has 4 rings (SSSR count). The number of hydrogen-bond donors (Lipinski definition) is 1. The number of hydrogen-bond acceptors (Lipinski definition) is 5. The summed E-state index contributed by atoms with van der Waals surface area (Å²) in [7, 11) is 1.60. The Morgan fingerprint density at radius 2 is 1.90 bits per heavy atom. The molecule has 0 fully saturated rings. The first-order valence-corrected chi connectivity index (χ1v) is 10.2. The van der Waals surface area contributed by atoms with Crippen molar-refractivity contribution in [2.45, 2.75) is 6.42 Å². The molecule has 1 amide bonds. The quantitative estimate of drug-likeness (QED) is 0.442. The average Bonchev–Trinajstić information content (AvgIpc) is 3.31. The lowest BCUT2D eigenvalue weighted by molar-refractivity contribution is -0.115. The van der Waals surface area contributed by atoms with Gasteiger partial charge in [0.25, 0.3) is 0 Å². The average molecular weight is 437 g/mol. The number of amides is 1. The van der Waals surface area contributed by atoms with Crippen LogP contribution in [-0.2, 0) is 11.2 Å². The first-order chi connectivity index (χ1) is 15.0. The largest absolute Gasteiger partial charge is 0.497 e. The monoisotopic (exact) mass is 437 g/mol. The molecule has 0 aliphatic carbocycles. The van der Waals surface area contributed by atoms with Crippen molar-refractivity contribution >= 4 is 23.1 Å². The molecule has 0 aliphatic heterocycles. The zero-order valence-electron chi connectivity index (χ0n) is 16.4. The van der Waals surface area contributed by atoms with Crippen LogP contribution in [0.1, 0.15) is 5.56 Å². The number of benzene rings is 2. The van der Waals surface area contributed by atoms with Gasteiger partial charge >= 0.3 is 0 Å². The number of nitrogens with one attached hydrogen (secondary N) is 1. The molecular weight excluding hydrogens is 420 g/mol. The molecule has 4 aromatic rings. The number of anilines is 1. The molecule has 0 atom stereocenters. The summed E-state index contributed by atoms with van der Waals surface area (Å²) >= 11 is 1.47. The lowest BCUT2D eigenvalue weighted by Gasteiger charge is -2.11. The summed E-state index contributed by atoms with van der Waals surface area (Å²) < 4.78 is 31.7. The molecule has 2 heterocycles. The van der Waals surface area contributed by atoms with Gasteiger partial charge in [0.05, 0.1) is 30.3 Å². The topological polar surface area (TPSA) is 64.1 Å². The highest BCUT2D eigenvalue weighted by Gasteiger charge is 2.16. The molecule has 2 aromatic heterocycles. The molecule has 0 spiro atoms. The summed E-state index contributed by atoms with van der Waals surface area (Å²) in [6.07, 6.45) is 1.45. The lowest BCUT2D eigenvalue weighted by Crippen LogP contribution is -2.16. The first-order valence-electron chi connectivity index (χ1n) is 9.32. The molecule has 0 bridgehead atoms. The maximum Gasteiger partial charge on any atom is 0.230 e. The highest BCUT2D eigenvalue weighted by molar-refractivity contribution is 7.13. The van der Waals surface area contributed by atoms with Crippen LogP contribution in [-0.4, -0.2) is 23.0 Å². The van der Waals surface area contributed by atoms with E-state index in [2.05, 4.69) is 10.3 Å². The second-order valence-corrected chi connectivity index (χ2v) is 7.58. The first kappa shape index (κ1) is 20.6. The Kier molecular flexibility index (Phi) is 5.99. The fraction of sp³-hybridized carbons (Fsp3) is 0.0870. The third-order valence-electron chi connectivity index (χ3n) is 4.52. The Balaban J connectivity index is 1.61. The van der Waals surface area contributed by atoms with E-state index >= 15 is 0 Å². The standard InChI is InChI=1S/C23H17F2N3O2S/c1-30-16-7-5-15(6-8-16)19-13-26-23(22(27-19)20-3-2-10-31-20)28-21(29)12-14-4-9-17(24)18(25)11-14/h2-11,13H,12H2,1H3,(H,26,28,29). The number of rotatable bonds is 6. The lowest BCUT2D eigenvalue weighted by atomic mass is 10.1. The van der Waals surface area contributed by atoms with Gasteiger partial charge < -0.3 is 10.1 Å². The third kappa shape index (κ3) is 4.75. The summed E-state index contributed by atoms with van der Waals surface area (Å²) in [6.45, 7) is 0. The molecule has 2 aromatic carbocycles. The van der Waals surface area contributed by atoms with Crippen LogP contribution in [0, 0.1) is 11.6 Å². The van der Waals surface area contributed by atoms with Crippen molar-refractivity contribution in [2.24, 2.45) is 0 Å². The predicted octanol–water partition coefficient (Wildman–Crippen LogP) is 5.34. The maximum atomic E-state index is 13.4. The van der Waals surface area contributed by atoms with E-state index in [9.17, 15) is 13.6 Å². The minimum absolute atomic E-state index is 0.122. The van der Waals surface area contributed by atoms with Gasteiger partial charge in [0.2, 0.25) is 5.91 Å². The van der Waals surface area contributed by atoms with Crippen molar-refractivity contribution in [1.82, 2.24) is 9.97 Å². The van der Waals surface area contributed by atoms with Crippen LogP contribution in [0.5, 0.6) is 5.75 Å². The predicted molar refractivity (Wildman–Crippen MR) is 116 cm³/mol. The van der Waals surface area contributed by atoms with Crippen molar-refractivity contribution in [3.8, 4) is 27.6 Å². The Bertz CT molecular complexity index is 1210. The van der Waals surface area contributed by atoms with Crippen molar-refractivity contribution in [3.63, 3.8) is 0 Å². The molecule has 1 N–H and O–H groups in total. The number of carbonyl (C=O) groups is 1. The minimum Gasteiger partial charge on any atom is -0.497 e. The summed E-state index contributed by atoms with van der Waals surface area (Å²) in [6, 6.07) is 14.6. The van der Waals surface area contributed by atoms with Crippen LogP contribution >= 0.6 is 11.3 Å². The van der Waals surface area contributed by atoms with Gasteiger partial charge in [-0.05, 0) is 53.4 Å². The minimum atomic E-state index is -0.992. The SMILES string of the molecule is COc1ccc(-c2cnc(NC(=O)Cc3ccc(F)c(F)c3)c(-c3cccs3)n2)cc1. The second-order valence-electron chi connectivity index (χ2n) is 6.63. The maximum absolute atomic E-state index is 13.4. The Morgan fingerprint density at radius 1 is 1.10 bits per heavy atom. The van der Waals surface area contributed by atoms with E-state index in [1.165, 1.54) is 17.4 Å². The van der Waals surface area contributed by atoms with Crippen molar-refractivity contribution in [2.75, 3.05) is 12.4 Å². The van der Waals surface area contributed by atoms with Crippen LogP contribution in [0.2, 0.25) is 0 Å². The Hall–Kier alpha value is -3.65. The number of halogens is 2. The van der Waals surface area contributed by atoms with Gasteiger partial charge in [-0.2, -0.15) is 0 Å². The second kappa shape index (κ2) is 9.01. The van der Waals surface area contributed by atoms with Crippen molar-refractivity contribution < 1.29 is 18.3 Å². The number of ether oxygens (including phenoxy) is 1. The normalized spacial score (nSPS) is 10.7. The van der Waals surface area contributed by atoms with Gasteiger partial charge in [-0.3, -0.25) is 4.79 Å². The van der Waals surface area contributed by atoms with Gasteiger partial charge in [0.1, 0.15) is 11.4 Å². The van der Waals surface area contributed by atoms with Gasteiger partial charge in [0.15, 0.2) is 17.5 Å². The molecule has 156 valence electrons. The zero-order valence-corrected chi connectivity index (χ0v) is 17.2. The highest BCUT2D eigenvalue weighted by atomic mass is 32.1. The van der Waals surface area contributed by atoms with Crippen LogP contribution in [0.15, 0.2) is 66.2 Å². The van der Waals surface area contributed by atoms with Gasteiger partial charge in [0, 0.05) is 5.56 Å². The van der Waals surface area contributed by atoms with Gasteiger partial charge in [-0.15, -0.1) is 11.3 Å². The van der Waals surface area contributed by atoms with Crippen LogP contribution in [0.3, 0.4) is 0 Å². The van der Waals surface area contributed by atoms with Gasteiger partial charge in [-0.25, -0.2) is 18.7 Å². The smallest absolute Gasteiger partial charge is 0.230 e. The molecule has 31 heavy (non-hydrogen) atoms. The number of methoxy groups -OCH3 is 1. The van der Waals surface area contributed by atoms with Crippen LogP contribution < -0.4 is 10.1 Å². The van der Waals surface area contributed by atoms with E-state index in [0.717, 1.165) is 28.3 Å². The molecule has 0 aliphatic rings. The van der Waals surface area contributed by atoms with E-state index < -0.39 is 17.5 Å². The number of thiophene rings is 1. The molecule has 8 heteroatoms. The molecule has 0 unspecified atom stereocenters. The summed E-state index contributed by atoms with van der Waals surface area (Å²) in [4.78, 5) is 22.5. The van der Waals surface area contributed by atoms with E-state index in [-0.39, 0.29) is 6.42 Å². The molecule has 0 saturated carbocycles. The molecule has 5 nitrogen and oxygen atoms in total. The van der Waals surface area contributed by atoms with E-state index in [0.29, 0.717) is 22.8 Å². The summed E-state index contributed by atoms with van der Waals surface area (Å²) in [5.74, 6) is -1.32. The third-order valence-corrected chi connectivity index (χ3v) is 5.40. The molecule has 0 radical (unpaired) electrons. The molecule has 0 saturated heterocycles. The Morgan fingerprint density at radius 3 is 2.58 bits per heavy atom. The van der Waals surface area contributed by atoms with Crippen LogP contribution in [0.4, 0.5) is 14.6 Å². The zero-order chi connectivity index (χ0) is 21.8. The summed E-state index contributed by atoms with van der Waals surface area (Å²) in [5.41, 5.74) is 2.38. The number of aromatic nitrogens is 2. The fourth-order valence-electron chi connectivity index (χ4n) is 2.98. The fourth-order valence-corrected chi connectivity index (χ4v) is 3.69. The molecular formula is C23H17F2N3O2S. The van der Waals surface area contributed by atoms with Crippen molar-refractivity contribution in [3.05, 3.63) is 83.4 Å². The Labute approximate surface area is 181 Å². The van der Waals surface area contributed by atoms with E-state index in [4.69, 9.17) is 9.72 Å². The van der Waals surface area contributed by atoms with Crippen molar-refractivity contribution in [1.29, 1.82) is 0 Å². The number of nitrogens with zero attached hydrogens (tertiary/aromatic N) is 2.